The highest BCUT2D eigenvalue weighted by atomic mass is 32.1. The molecule has 0 fully saturated rings. The van der Waals surface area contributed by atoms with E-state index in [1.807, 2.05) is 29.6 Å². The van der Waals surface area contributed by atoms with E-state index >= 15 is 0 Å². The first kappa shape index (κ1) is 13.1. The monoisotopic (exact) mass is 262 g/mol. The zero-order chi connectivity index (χ0) is 13.2. The Hall–Kier alpha value is -1.39. The van der Waals surface area contributed by atoms with Gasteiger partial charge in [0.15, 0.2) is 0 Å². The largest absolute Gasteiger partial charge is 0.398 e. The minimum absolute atomic E-state index is 0.313. The van der Waals surface area contributed by atoms with E-state index in [-0.39, 0.29) is 5.60 Å². The fourth-order valence-electron chi connectivity index (χ4n) is 1.75. The Balaban J connectivity index is 2.40. The zero-order valence-electron chi connectivity index (χ0n) is 10.9. The number of hydrogen-bond acceptors (Lipinski definition) is 4. The molecule has 0 bridgehead atoms. The molecule has 0 radical (unpaired) electrons. The molecule has 1 heterocycles. The summed E-state index contributed by atoms with van der Waals surface area (Å²) in [6, 6.07) is 7.78. The molecule has 3 nitrogen and oxygen atoms in total. The second kappa shape index (κ2) is 5.08. The van der Waals surface area contributed by atoms with Crippen LogP contribution in [0.3, 0.4) is 0 Å². The lowest BCUT2D eigenvalue weighted by Gasteiger charge is -2.23. The Bertz CT molecular complexity index is 532. The Morgan fingerprint density at radius 3 is 2.72 bits per heavy atom. The van der Waals surface area contributed by atoms with Crippen molar-refractivity contribution in [1.29, 1.82) is 0 Å². The summed E-state index contributed by atoms with van der Waals surface area (Å²) in [5.74, 6) is 0. The second-order valence-corrected chi connectivity index (χ2v) is 5.27. The molecule has 2 rings (SSSR count). The fourth-order valence-corrected chi connectivity index (χ4v) is 2.78. The number of aromatic nitrogens is 1. The summed E-state index contributed by atoms with van der Waals surface area (Å²) in [6.07, 6.45) is 0.890. The third-order valence-corrected chi connectivity index (χ3v) is 4.41. The molecule has 0 aliphatic rings. The smallest absolute Gasteiger partial charge is 0.125 e. The first-order valence-corrected chi connectivity index (χ1v) is 6.84. The lowest BCUT2D eigenvalue weighted by Crippen LogP contribution is -2.22. The molecule has 1 unspecified atom stereocenters. The van der Waals surface area contributed by atoms with Crippen molar-refractivity contribution in [2.45, 2.75) is 25.9 Å². The van der Waals surface area contributed by atoms with Gasteiger partial charge in [0.25, 0.3) is 0 Å². The molecule has 0 amide bonds. The van der Waals surface area contributed by atoms with Crippen molar-refractivity contribution >= 4 is 17.0 Å². The van der Waals surface area contributed by atoms with Crippen LogP contribution in [0.1, 0.15) is 25.3 Å². The van der Waals surface area contributed by atoms with Gasteiger partial charge in [0.1, 0.15) is 10.6 Å². The van der Waals surface area contributed by atoms with Crippen LogP contribution in [0.5, 0.6) is 0 Å². The van der Waals surface area contributed by atoms with Crippen molar-refractivity contribution in [3.8, 4) is 11.3 Å². The Kier molecular flexibility index (Phi) is 3.68. The first-order chi connectivity index (χ1) is 8.60. The van der Waals surface area contributed by atoms with Crippen LogP contribution < -0.4 is 5.73 Å². The van der Waals surface area contributed by atoms with Crippen molar-refractivity contribution in [3.05, 3.63) is 34.7 Å². The van der Waals surface area contributed by atoms with Crippen molar-refractivity contribution in [1.82, 2.24) is 4.98 Å². The highest BCUT2D eigenvalue weighted by Gasteiger charge is 2.27. The molecule has 2 N–H and O–H groups in total. The van der Waals surface area contributed by atoms with Gasteiger partial charge >= 0.3 is 0 Å². The van der Waals surface area contributed by atoms with E-state index in [0.717, 1.165) is 28.4 Å². The number of para-hydroxylation sites is 1. The number of anilines is 1. The Labute approximate surface area is 112 Å². The maximum Gasteiger partial charge on any atom is 0.125 e. The van der Waals surface area contributed by atoms with E-state index in [1.165, 1.54) is 0 Å². The minimum Gasteiger partial charge on any atom is -0.398 e. The predicted molar refractivity (Wildman–Crippen MR) is 76.6 cm³/mol. The van der Waals surface area contributed by atoms with Gasteiger partial charge in [-0.25, -0.2) is 4.98 Å². The molecule has 1 atom stereocenters. The SMILES string of the molecule is CCC(C)(OC)c1nc(-c2ccccc2N)cs1. The number of nitrogens with two attached hydrogens (primary N) is 1. The average Bonchev–Trinajstić information content (AvgIpc) is 2.88. The van der Waals surface area contributed by atoms with Crippen LogP contribution in [0.15, 0.2) is 29.6 Å². The quantitative estimate of drug-likeness (QED) is 0.855. The number of thiazole rings is 1. The lowest BCUT2D eigenvalue weighted by molar-refractivity contribution is -0.00149. The summed E-state index contributed by atoms with van der Waals surface area (Å²) in [4.78, 5) is 4.67. The van der Waals surface area contributed by atoms with Gasteiger partial charge in [0.2, 0.25) is 0 Å². The number of ether oxygens (including phenoxy) is 1. The molecule has 96 valence electrons. The molecule has 0 spiro atoms. The van der Waals surface area contributed by atoms with E-state index in [4.69, 9.17) is 10.5 Å². The van der Waals surface area contributed by atoms with E-state index in [2.05, 4.69) is 18.8 Å². The summed E-state index contributed by atoms with van der Waals surface area (Å²) in [7, 11) is 1.72. The van der Waals surface area contributed by atoms with Crippen LogP contribution >= 0.6 is 11.3 Å². The minimum atomic E-state index is -0.313. The number of nitrogens with zero attached hydrogens (tertiary/aromatic N) is 1. The molecule has 0 aliphatic carbocycles. The first-order valence-electron chi connectivity index (χ1n) is 5.96. The van der Waals surface area contributed by atoms with Crippen LogP contribution in [0.2, 0.25) is 0 Å². The predicted octanol–water partition coefficient (Wildman–Crippen LogP) is 3.66. The van der Waals surface area contributed by atoms with Gasteiger partial charge in [0, 0.05) is 23.7 Å². The van der Waals surface area contributed by atoms with Crippen molar-refractivity contribution in [2.75, 3.05) is 12.8 Å². The molecule has 0 saturated heterocycles. The summed E-state index contributed by atoms with van der Waals surface area (Å²) in [6.45, 7) is 4.16. The van der Waals surface area contributed by atoms with E-state index in [9.17, 15) is 0 Å². The Morgan fingerprint density at radius 2 is 2.11 bits per heavy atom. The molecule has 18 heavy (non-hydrogen) atoms. The maximum atomic E-state index is 5.97. The summed E-state index contributed by atoms with van der Waals surface area (Å²) in [5.41, 5.74) is 8.31. The second-order valence-electron chi connectivity index (χ2n) is 4.41. The molecule has 1 aromatic heterocycles. The molecule has 2 aromatic rings. The van der Waals surface area contributed by atoms with E-state index in [0.29, 0.717) is 0 Å². The van der Waals surface area contributed by atoms with Crippen molar-refractivity contribution in [3.63, 3.8) is 0 Å². The maximum absolute atomic E-state index is 5.97. The third kappa shape index (κ3) is 2.26. The normalized spacial score (nSPS) is 14.4. The summed E-state index contributed by atoms with van der Waals surface area (Å²) < 4.78 is 5.57. The van der Waals surface area contributed by atoms with Crippen molar-refractivity contribution in [2.24, 2.45) is 0 Å². The fraction of sp³-hybridized carbons (Fsp3) is 0.357. The van der Waals surface area contributed by atoms with E-state index in [1.54, 1.807) is 18.4 Å². The molecule has 4 heteroatoms. The van der Waals surface area contributed by atoms with Gasteiger partial charge in [-0.2, -0.15) is 0 Å². The molecule has 0 saturated carbocycles. The van der Waals surface area contributed by atoms with Crippen LogP contribution in [0.25, 0.3) is 11.3 Å². The highest BCUT2D eigenvalue weighted by molar-refractivity contribution is 7.10. The van der Waals surface area contributed by atoms with E-state index < -0.39 is 0 Å². The van der Waals surface area contributed by atoms with Crippen molar-refractivity contribution < 1.29 is 4.74 Å². The van der Waals surface area contributed by atoms with Crippen LogP contribution in [0.4, 0.5) is 5.69 Å². The lowest BCUT2D eigenvalue weighted by atomic mass is 10.0. The van der Waals surface area contributed by atoms with Gasteiger partial charge in [-0.3, -0.25) is 0 Å². The van der Waals surface area contributed by atoms with Gasteiger partial charge in [0.05, 0.1) is 5.69 Å². The van der Waals surface area contributed by atoms with Crippen LogP contribution in [-0.2, 0) is 10.3 Å². The van der Waals surface area contributed by atoms with Gasteiger partial charge in [-0.1, -0.05) is 25.1 Å². The number of benzene rings is 1. The summed E-state index contributed by atoms with van der Waals surface area (Å²) in [5, 5.41) is 3.03. The Morgan fingerprint density at radius 1 is 1.39 bits per heavy atom. The highest BCUT2D eigenvalue weighted by Crippen LogP contribution is 2.34. The topological polar surface area (TPSA) is 48.1 Å². The van der Waals surface area contributed by atoms with Crippen LogP contribution in [0, 0.1) is 0 Å². The molecule has 0 aliphatic heterocycles. The molecule has 1 aromatic carbocycles. The number of methoxy groups -OCH3 is 1. The number of hydrogen-bond donors (Lipinski definition) is 1. The van der Waals surface area contributed by atoms with Gasteiger partial charge in [-0.15, -0.1) is 11.3 Å². The number of rotatable bonds is 4. The third-order valence-electron chi connectivity index (χ3n) is 3.32. The van der Waals surface area contributed by atoms with Crippen LogP contribution in [-0.4, -0.2) is 12.1 Å². The summed E-state index contributed by atoms with van der Waals surface area (Å²) >= 11 is 1.62. The molecular weight excluding hydrogens is 244 g/mol. The zero-order valence-corrected chi connectivity index (χ0v) is 11.8. The van der Waals surface area contributed by atoms with Gasteiger partial charge in [-0.05, 0) is 19.4 Å². The number of nitrogen functional groups attached to an aromatic ring is 1. The van der Waals surface area contributed by atoms with Gasteiger partial charge < -0.3 is 10.5 Å². The molecular formula is C14H18N2OS. The standard InChI is InChI=1S/C14H18N2OS/c1-4-14(2,17-3)13-16-12(9-18-13)10-7-5-6-8-11(10)15/h5-9H,4,15H2,1-3H3. The average molecular weight is 262 g/mol.